The molecule has 19 heavy (non-hydrogen) atoms. The van der Waals surface area contributed by atoms with Crippen molar-refractivity contribution in [3.8, 4) is 0 Å². The summed E-state index contributed by atoms with van der Waals surface area (Å²) in [5, 5.41) is 12.2. The molecule has 3 nitrogen and oxygen atoms in total. The first-order valence-corrected chi connectivity index (χ1v) is 7.20. The Bertz CT molecular complexity index is 351. The highest BCUT2D eigenvalue weighted by Crippen LogP contribution is 2.05. The number of nitrogens with one attached hydrogen (secondary N) is 1. The Kier molecular flexibility index (Phi) is 7.91. The van der Waals surface area contributed by atoms with E-state index in [9.17, 15) is 9.90 Å². The Labute approximate surface area is 116 Å². The van der Waals surface area contributed by atoms with Gasteiger partial charge in [-0.2, -0.15) is 0 Å². The van der Waals surface area contributed by atoms with Gasteiger partial charge in [0.1, 0.15) is 0 Å². The summed E-state index contributed by atoms with van der Waals surface area (Å²) in [5.74, 6) is 0.0473. The van der Waals surface area contributed by atoms with E-state index in [0.29, 0.717) is 12.8 Å². The largest absolute Gasteiger partial charge is 0.394 e. The van der Waals surface area contributed by atoms with Crippen LogP contribution < -0.4 is 5.32 Å². The molecule has 0 aliphatic carbocycles. The molecule has 0 radical (unpaired) electrons. The monoisotopic (exact) mass is 263 g/mol. The number of rotatable bonds is 9. The highest BCUT2D eigenvalue weighted by atomic mass is 16.3. The fourth-order valence-electron chi connectivity index (χ4n) is 2.07. The molecule has 0 aromatic heterocycles. The molecule has 106 valence electrons. The van der Waals surface area contributed by atoms with Crippen LogP contribution in [0.5, 0.6) is 0 Å². The second kappa shape index (κ2) is 9.56. The van der Waals surface area contributed by atoms with Crippen molar-refractivity contribution in [2.24, 2.45) is 0 Å². The van der Waals surface area contributed by atoms with E-state index in [4.69, 9.17) is 0 Å². The fraction of sp³-hybridized carbons (Fsp3) is 0.562. The Balaban J connectivity index is 2.29. The lowest BCUT2D eigenvalue weighted by atomic mass is 10.1. The Hall–Kier alpha value is -1.35. The maximum atomic E-state index is 11.7. The zero-order chi connectivity index (χ0) is 13.9. The Morgan fingerprint density at radius 1 is 1.21 bits per heavy atom. The highest BCUT2D eigenvalue weighted by Gasteiger charge is 2.11. The summed E-state index contributed by atoms with van der Waals surface area (Å²) < 4.78 is 0. The fourth-order valence-corrected chi connectivity index (χ4v) is 2.07. The van der Waals surface area contributed by atoms with Gasteiger partial charge in [0.25, 0.3) is 0 Å². The van der Waals surface area contributed by atoms with Crippen LogP contribution in [0.3, 0.4) is 0 Å². The molecule has 1 aromatic rings. The van der Waals surface area contributed by atoms with E-state index in [2.05, 4.69) is 12.2 Å². The van der Waals surface area contributed by atoms with Gasteiger partial charge in [0.15, 0.2) is 0 Å². The number of aliphatic hydroxyl groups excluding tert-OH is 1. The number of aliphatic hydroxyl groups is 1. The van der Waals surface area contributed by atoms with E-state index in [1.165, 1.54) is 12.8 Å². The van der Waals surface area contributed by atoms with Gasteiger partial charge in [-0.15, -0.1) is 0 Å². The first kappa shape index (κ1) is 15.7. The number of hydrogen-bond acceptors (Lipinski definition) is 2. The quantitative estimate of drug-likeness (QED) is 0.673. The predicted octanol–water partition coefficient (Wildman–Crippen LogP) is 2.68. The Morgan fingerprint density at radius 2 is 1.95 bits per heavy atom. The van der Waals surface area contributed by atoms with Crippen molar-refractivity contribution < 1.29 is 9.90 Å². The molecular weight excluding hydrogens is 238 g/mol. The molecule has 0 saturated heterocycles. The zero-order valence-electron chi connectivity index (χ0n) is 11.8. The standard InChI is InChI=1S/C16H25NO2/c1-2-3-4-8-11-16(19)17-15(13-18)12-14-9-6-5-7-10-14/h5-7,9-10,15,18H,2-4,8,11-13H2,1H3,(H,17,19)/t15-/m0/s1. The van der Waals surface area contributed by atoms with E-state index >= 15 is 0 Å². The number of unbranched alkanes of at least 4 members (excludes halogenated alkanes) is 3. The van der Waals surface area contributed by atoms with Crippen LogP contribution in [0.2, 0.25) is 0 Å². The first-order valence-electron chi connectivity index (χ1n) is 7.20. The molecule has 0 aliphatic rings. The SMILES string of the molecule is CCCCCCC(=O)N[C@H](CO)Cc1ccccc1. The topological polar surface area (TPSA) is 49.3 Å². The van der Waals surface area contributed by atoms with Crippen LogP contribution in [0.4, 0.5) is 0 Å². The molecule has 1 aromatic carbocycles. The third-order valence-corrected chi connectivity index (χ3v) is 3.17. The molecule has 1 amide bonds. The van der Waals surface area contributed by atoms with Crippen LogP contribution in [0.25, 0.3) is 0 Å². The van der Waals surface area contributed by atoms with Gasteiger partial charge in [-0.3, -0.25) is 4.79 Å². The van der Waals surface area contributed by atoms with E-state index in [1.807, 2.05) is 30.3 Å². The average molecular weight is 263 g/mol. The van der Waals surface area contributed by atoms with Crippen molar-refractivity contribution in [1.29, 1.82) is 0 Å². The maximum Gasteiger partial charge on any atom is 0.220 e. The smallest absolute Gasteiger partial charge is 0.220 e. The molecule has 0 bridgehead atoms. The molecule has 3 heteroatoms. The van der Waals surface area contributed by atoms with Gasteiger partial charge in [-0.25, -0.2) is 0 Å². The first-order chi connectivity index (χ1) is 9.26. The second-order valence-electron chi connectivity index (χ2n) is 4.95. The van der Waals surface area contributed by atoms with Crippen molar-refractivity contribution in [3.63, 3.8) is 0 Å². The number of hydrogen-bond donors (Lipinski definition) is 2. The van der Waals surface area contributed by atoms with Crippen molar-refractivity contribution in [2.45, 2.75) is 51.5 Å². The molecule has 0 aliphatic heterocycles. The van der Waals surface area contributed by atoms with Gasteiger partial charge < -0.3 is 10.4 Å². The van der Waals surface area contributed by atoms with E-state index in [-0.39, 0.29) is 18.6 Å². The average Bonchev–Trinajstić information content (AvgIpc) is 2.44. The maximum absolute atomic E-state index is 11.7. The number of amides is 1. The number of benzene rings is 1. The third kappa shape index (κ3) is 6.97. The molecular formula is C16H25NO2. The minimum Gasteiger partial charge on any atom is -0.394 e. The minimum atomic E-state index is -0.180. The van der Waals surface area contributed by atoms with Crippen LogP contribution in [-0.2, 0) is 11.2 Å². The molecule has 0 saturated carbocycles. The Morgan fingerprint density at radius 3 is 2.58 bits per heavy atom. The predicted molar refractivity (Wildman–Crippen MR) is 77.9 cm³/mol. The number of carbonyl (C=O) groups excluding carboxylic acids is 1. The molecule has 1 rings (SSSR count). The number of carbonyl (C=O) groups is 1. The molecule has 0 spiro atoms. The van der Waals surface area contributed by atoms with E-state index < -0.39 is 0 Å². The summed E-state index contributed by atoms with van der Waals surface area (Å²) in [4.78, 5) is 11.7. The molecule has 0 unspecified atom stereocenters. The van der Waals surface area contributed by atoms with Gasteiger partial charge in [0.2, 0.25) is 5.91 Å². The summed E-state index contributed by atoms with van der Waals surface area (Å²) >= 11 is 0. The minimum absolute atomic E-state index is 0.0183. The van der Waals surface area contributed by atoms with Crippen molar-refractivity contribution in [1.82, 2.24) is 5.32 Å². The second-order valence-corrected chi connectivity index (χ2v) is 4.95. The van der Waals surface area contributed by atoms with E-state index in [0.717, 1.165) is 18.4 Å². The molecule has 1 atom stereocenters. The van der Waals surface area contributed by atoms with Gasteiger partial charge in [-0.1, -0.05) is 56.5 Å². The summed E-state index contributed by atoms with van der Waals surface area (Å²) in [6.45, 7) is 2.14. The van der Waals surface area contributed by atoms with Crippen LogP contribution in [0, 0.1) is 0 Å². The van der Waals surface area contributed by atoms with Gasteiger partial charge in [0.05, 0.1) is 12.6 Å². The lowest BCUT2D eigenvalue weighted by Gasteiger charge is -2.16. The normalized spacial score (nSPS) is 12.1. The molecule has 2 N–H and O–H groups in total. The summed E-state index contributed by atoms with van der Waals surface area (Å²) in [6.07, 6.45) is 5.63. The van der Waals surface area contributed by atoms with Crippen molar-refractivity contribution in [3.05, 3.63) is 35.9 Å². The zero-order valence-corrected chi connectivity index (χ0v) is 11.8. The van der Waals surface area contributed by atoms with E-state index in [1.54, 1.807) is 0 Å². The lowest BCUT2D eigenvalue weighted by Crippen LogP contribution is -2.38. The highest BCUT2D eigenvalue weighted by molar-refractivity contribution is 5.76. The van der Waals surface area contributed by atoms with Gasteiger partial charge in [-0.05, 0) is 18.4 Å². The summed E-state index contributed by atoms with van der Waals surface area (Å²) in [7, 11) is 0. The third-order valence-electron chi connectivity index (χ3n) is 3.17. The lowest BCUT2D eigenvalue weighted by molar-refractivity contribution is -0.122. The van der Waals surface area contributed by atoms with Crippen LogP contribution in [0.1, 0.15) is 44.6 Å². The van der Waals surface area contributed by atoms with Crippen molar-refractivity contribution >= 4 is 5.91 Å². The molecule has 0 fully saturated rings. The van der Waals surface area contributed by atoms with Crippen LogP contribution >= 0.6 is 0 Å². The van der Waals surface area contributed by atoms with Gasteiger partial charge in [0, 0.05) is 6.42 Å². The summed E-state index contributed by atoms with van der Waals surface area (Å²) in [6, 6.07) is 9.74. The molecule has 0 heterocycles. The van der Waals surface area contributed by atoms with Crippen LogP contribution in [-0.4, -0.2) is 23.7 Å². The van der Waals surface area contributed by atoms with Gasteiger partial charge >= 0.3 is 0 Å². The summed E-state index contributed by atoms with van der Waals surface area (Å²) in [5.41, 5.74) is 1.13. The van der Waals surface area contributed by atoms with Crippen LogP contribution in [0.15, 0.2) is 30.3 Å². The van der Waals surface area contributed by atoms with Crippen molar-refractivity contribution in [2.75, 3.05) is 6.61 Å².